The molecule has 4 atom stereocenters. The zero-order valence-corrected chi connectivity index (χ0v) is 36.7. The van der Waals surface area contributed by atoms with Crippen LogP contribution in [0.3, 0.4) is 0 Å². The van der Waals surface area contributed by atoms with Gasteiger partial charge in [-0.3, -0.25) is 38.6 Å². The molecule has 2 aromatic heterocycles. The molecule has 62 heavy (non-hydrogen) atoms. The Morgan fingerprint density at radius 3 is 1.42 bits per heavy atom. The average Bonchev–Trinajstić information content (AvgIpc) is 3.87. The van der Waals surface area contributed by atoms with Gasteiger partial charge in [0.25, 0.3) is 23.6 Å². The summed E-state index contributed by atoms with van der Waals surface area (Å²) < 4.78 is 20.8. The lowest BCUT2D eigenvalue weighted by molar-refractivity contribution is -0.169. The molecular weight excluding hydrogens is 924 g/mol. The van der Waals surface area contributed by atoms with Crippen LogP contribution in [-0.2, 0) is 67.0 Å². The molecule has 6 N–H and O–H groups in total. The molecule has 6 rings (SSSR count). The van der Waals surface area contributed by atoms with Gasteiger partial charge in [-0.05, 0) is 0 Å². The SMILES string of the molecule is CO/N=C(\C(=O)N[C@@H]1C(=O)N2C(C(=O)OCOC(=O)C3=C(COC(C)=O)CS[C@@H]4[C@H](NC(=O)/C(=N\OC)c5csc(N)n5)C(=O)N34)=C(COC(C)=O)CS[C@H]12)c1csc(N)n1.Cl. The number of nitrogens with zero attached hydrogens (tertiary/aromatic N) is 6. The van der Waals surface area contributed by atoms with Crippen LogP contribution in [0.2, 0.25) is 0 Å². The number of nitrogen functional groups attached to an aromatic ring is 2. The van der Waals surface area contributed by atoms with Gasteiger partial charge < -0.3 is 50.7 Å². The number of nitrogens with one attached hydrogen (secondary N) is 2. The fourth-order valence-electron chi connectivity index (χ4n) is 6.02. The summed E-state index contributed by atoms with van der Waals surface area (Å²) in [7, 11) is 2.43. The van der Waals surface area contributed by atoms with Gasteiger partial charge in [0.15, 0.2) is 21.7 Å². The van der Waals surface area contributed by atoms with E-state index in [-0.39, 0.29) is 79.5 Å². The molecule has 0 bridgehead atoms. The van der Waals surface area contributed by atoms with E-state index in [9.17, 15) is 38.4 Å². The standard InChI is InChI=1S/C33H34N10O14S4.ClH/c1-12(44)54-5-14-7-58-28-20(38-24(46)18(40-52-3)16-9-60-32(34)36-16)26(48)42(28)22(14)30(50)56-11-57-31(51)23-15(6-55-13(2)45)8-59-29-21(27(49)43(23)29)39-25(47)19(41-53-4)17-10-61-33(35)37-17;/h9-10,20-21,28-29H,5-8,11H2,1-4H3,(H2,34,36)(H2,35,37)(H,38,46)(H,39,47);1H/b40-18-,41-19-;/t20-,21-,28-,29-;/m1./s1. The van der Waals surface area contributed by atoms with Crippen LogP contribution in [0.25, 0.3) is 0 Å². The third-order valence-electron chi connectivity index (χ3n) is 8.66. The normalized spacial score (nSPS) is 20.6. The number of nitrogens with two attached hydrogens (primary N) is 2. The molecule has 0 saturated carbocycles. The number of anilines is 2. The summed E-state index contributed by atoms with van der Waals surface area (Å²) in [4.78, 5) is 124. The topological polar surface area (TPSA) is 325 Å². The smallest absolute Gasteiger partial charge is 0.358 e. The van der Waals surface area contributed by atoms with Crippen molar-refractivity contribution in [2.45, 2.75) is 36.7 Å². The third-order valence-corrected chi connectivity index (χ3v) is 12.7. The number of amides is 4. The van der Waals surface area contributed by atoms with E-state index in [0.717, 1.165) is 69.8 Å². The number of halogens is 1. The fourth-order valence-corrected chi connectivity index (χ4v) is 9.77. The van der Waals surface area contributed by atoms with E-state index in [1.165, 1.54) is 25.0 Å². The van der Waals surface area contributed by atoms with E-state index in [1.54, 1.807) is 0 Å². The number of hydrogen-bond donors (Lipinski definition) is 4. The van der Waals surface area contributed by atoms with Crippen LogP contribution in [-0.4, -0.2) is 147 Å². The molecule has 4 aliphatic heterocycles. The van der Waals surface area contributed by atoms with Gasteiger partial charge in [0, 0.05) is 47.3 Å². The number of carbonyl (C=O) groups excluding carboxylic acids is 8. The number of aromatic nitrogens is 2. The highest BCUT2D eigenvalue weighted by atomic mass is 35.5. The van der Waals surface area contributed by atoms with E-state index in [0.29, 0.717) is 0 Å². The Hall–Kier alpha value is -5.97. The van der Waals surface area contributed by atoms with Gasteiger partial charge in [0.05, 0.1) is 0 Å². The van der Waals surface area contributed by atoms with Crippen LogP contribution in [0.5, 0.6) is 0 Å². The van der Waals surface area contributed by atoms with Crippen LogP contribution in [0.4, 0.5) is 10.3 Å². The Kier molecular flexibility index (Phi) is 15.4. The van der Waals surface area contributed by atoms with E-state index in [1.807, 2.05) is 0 Å². The van der Waals surface area contributed by atoms with Crippen LogP contribution in [0.1, 0.15) is 25.2 Å². The van der Waals surface area contributed by atoms with Crippen molar-refractivity contribution in [2.24, 2.45) is 10.3 Å². The highest BCUT2D eigenvalue weighted by molar-refractivity contribution is 8.00. The van der Waals surface area contributed by atoms with E-state index < -0.39 is 90.3 Å². The van der Waals surface area contributed by atoms with Gasteiger partial charge in [-0.1, -0.05) is 10.3 Å². The highest BCUT2D eigenvalue weighted by Crippen LogP contribution is 2.42. The molecule has 0 spiro atoms. The summed E-state index contributed by atoms with van der Waals surface area (Å²) in [6, 6.07) is -2.31. The first-order chi connectivity index (χ1) is 29.1. The van der Waals surface area contributed by atoms with Crippen molar-refractivity contribution < 1.29 is 67.0 Å². The molecule has 0 unspecified atom stereocenters. The molecular formula is C33H35ClN10O14S4. The molecule has 6 heterocycles. The molecule has 0 radical (unpaired) electrons. The van der Waals surface area contributed by atoms with Crippen molar-refractivity contribution in [1.82, 2.24) is 30.4 Å². The molecule has 24 nitrogen and oxygen atoms in total. The van der Waals surface area contributed by atoms with Gasteiger partial charge in [-0.25, -0.2) is 19.6 Å². The lowest BCUT2D eigenvalue weighted by Gasteiger charge is -2.49. The maximum atomic E-state index is 13.7. The maximum Gasteiger partial charge on any atom is 0.358 e. The summed E-state index contributed by atoms with van der Waals surface area (Å²) >= 11 is 4.42. The second kappa shape index (κ2) is 20.3. The lowest BCUT2D eigenvalue weighted by atomic mass is 10.0. The Labute approximate surface area is 372 Å². The number of thioether (sulfide) groups is 2. The molecule has 2 fully saturated rings. The van der Waals surface area contributed by atoms with Gasteiger partial charge in [-0.15, -0.1) is 58.6 Å². The number of esters is 4. The second-order valence-electron chi connectivity index (χ2n) is 12.6. The third kappa shape index (κ3) is 9.88. The molecule has 4 aliphatic rings. The Bertz CT molecular complexity index is 2160. The molecule has 0 aromatic carbocycles. The number of hydrogen-bond acceptors (Lipinski definition) is 24. The molecule has 332 valence electrons. The molecule has 0 aliphatic carbocycles. The van der Waals surface area contributed by atoms with E-state index >= 15 is 0 Å². The number of fused-ring (bicyclic) bond motifs is 2. The highest BCUT2D eigenvalue weighted by Gasteiger charge is 2.56. The lowest BCUT2D eigenvalue weighted by Crippen LogP contribution is -2.71. The van der Waals surface area contributed by atoms with Crippen molar-refractivity contribution in [2.75, 3.05) is 57.2 Å². The van der Waals surface area contributed by atoms with Gasteiger partial charge in [0.2, 0.25) is 6.79 Å². The first kappa shape index (κ1) is 47.1. The van der Waals surface area contributed by atoms with Crippen molar-refractivity contribution in [1.29, 1.82) is 0 Å². The fraction of sp³-hybridized carbons (Fsp3) is 0.394. The first-order valence-corrected chi connectivity index (χ1v) is 21.2. The summed E-state index contributed by atoms with van der Waals surface area (Å²) in [5, 5.41) is 14.2. The van der Waals surface area contributed by atoms with E-state index in [2.05, 4.69) is 30.9 Å². The Morgan fingerprint density at radius 2 is 1.10 bits per heavy atom. The zero-order chi connectivity index (χ0) is 44.1. The van der Waals surface area contributed by atoms with Crippen molar-refractivity contribution in [3.8, 4) is 0 Å². The van der Waals surface area contributed by atoms with Crippen LogP contribution < -0.4 is 22.1 Å². The molecule has 2 saturated heterocycles. The minimum atomic E-state index is -1.15. The second-order valence-corrected chi connectivity index (χ2v) is 16.5. The van der Waals surface area contributed by atoms with Gasteiger partial charge in [0.1, 0.15) is 73.0 Å². The number of oxime groups is 2. The summed E-state index contributed by atoms with van der Waals surface area (Å²) in [6.45, 7) is 0.472. The first-order valence-electron chi connectivity index (χ1n) is 17.4. The number of rotatable bonds is 16. The summed E-state index contributed by atoms with van der Waals surface area (Å²) in [5.74, 6) is -6.64. The van der Waals surface area contributed by atoms with Crippen LogP contribution in [0.15, 0.2) is 43.6 Å². The quantitative estimate of drug-likeness (QED) is 0.0394. The average molecular weight is 959 g/mol. The van der Waals surface area contributed by atoms with Crippen molar-refractivity contribution >= 4 is 128 Å². The number of ether oxygens (including phenoxy) is 4. The minimum absolute atomic E-state index is 0. The largest absolute Gasteiger partial charge is 0.461 e. The molecule has 4 amide bonds. The number of carbonyl (C=O) groups is 8. The maximum absolute atomic E-state index is 13.7. The predicted octanol–water partition coefficient (Wildman–Crippen LogP) is -0.935. The Morgan fingerprint density at radius 1 is 0.710 bits per heavy atom. The summed E-state index contributed by atoms with van der Waals surface area (Å²) in [6.07, 6.45) is 0. The monoisotopic (exact) mass is 958 g/mol. The molecule has 29 heteroatoms. The number of thiazole rings is 2. The zero-order valence-electron chi connectivity index (χ0n) is 32.6. The van der Waals surface area contributed by atoms with Gasteiger partial charge in [-0.2, -0.15) is 0 Å². The van der Waals surface area contributed by atoms with Crippen LogP contribution in [0, 0.1) is 0 Å². The summed E-state index contributed by atoms with van der Waals surface area (Å²) in [5.41, 5.74) is 10.8. The number of β-lactam (4-membered cyclic amide) rings is 2. The van der Waals surface area contributed by atoms with Gasteiger partial charge >= 0.3 is 23.9 Å². The van der Waals surface area contributed by atoms with Crippen molar-refractivity contribution in [3.63, 3.8) is 0 Å². The predicted molar refractivity (Wildman–Crippen MR) is 222 cm³/mol. The minimum Gasteiger partial charge on any atom is -0.461 e. The van der Waals surface area contributed by atoms with E-state index in [4.69, 9.17) is 40.1 Å². The molecule has 2 aromatic rings. The van der Waals surface area contributed by atoms with Crippen molar-refractivity contribution in [3.05, 3.63) is 44.7 Å². The Balaban J connectivity index is 0.00000726. The van der Waals surface area contributed by atoms with Crippen LogP contribution >= 0.6 is 58.6 Å².